The zero-order chi connectivity index (χ0) is 20.6. The van der Waals surface area contributed by atoms with Crippen molar-refractivity contribution in [1.82, 2.24) is 0 Å². The van der Waals surface area contributed by atoms with Crippen LogP contribution in [-0.4, -0.2) is 59.8 Å². The number of carbonyl (C=O) groups is 1. The third-order valence-corrected chi connectivity index (χ3v) is 5.19. The summed E-state index contributed by atoms with van der Waals surface area (Å²) in [4.78, 5) is 17.1. The van der Waals surface area contributed by atoms with Gasteiger partial charge in [0.2, 0.25) is 0 Å². The third-order valence-electron chi connectivity index (χ3n) is 5.19. The van der Waals surface area contributed by atoms with Gasteiger partial charge in [-0.15, -0.1) is 0 Å². The highest BCUT2D eigenvalue weighted by Crippen LogP contribution is 2.45. The van der Waals surface area contributed by atoms with E-state index in [-0.39, 0.29) is 12.4 Å². The van der Waals surface area contributed by atoms with Gasteiger partial charge in [0, 0.05) is 23.6 Å². The number of aliphatic hydroxyl groups is 3. The SMILES string of the molecule is CN=Cc1oc2c(c1C)C(=O)c1ccc(OC[C@@H](O)[C@H](O)CO)cc1C2(C)C. The van der Waals surface area contributed by atoms with Crippen molar-refractivity contribution in [1.29, 1.82) is 0 Å². The van der Waals surface area contributed by atoms with Crippen LogP contribution < -0.4 is 4.74 Å². The molecule has 28 heavy (non-hydrogen) atoms. The first kappa shape index (κ1) is 20.3. The minimum atomic E-state index is -1.28. The minimum absolute atomic E-state index is 0.108. The first-order valence-corrected chi connectivity index (χ1v) is 9.07. The number of fused-ring (bicyclic) bond motifs is 2. The van der Waals surface area contributed by atoms with Gasteiger partial charge in [-0.3, -0.25) is 9.79 Å². The zero-order valence-corrected chi connectivity index (χ0v) is 16.4. The summed E-state index contributed by atoms with van der Waals surface area (Å²) in [6.07, 6.45) is -0.891. The molecule has 3 N–H and O–H groups in total. The van der Waals surface area contributed by atoms with Crippen LogP contribution in [0.5, 0.6) is 5.75 Å². The van der Waals surface area contributed by atoms with Gasteiger partial charge in [-0.05, 0) is 44.5 Å². The fraction of sp³-hybridized carbons (Fsp3) is 0.429. The van der Waals surface area contributed by atoms with Gasteiger partial charge in [-0.25, -0.2) is 0 Å². The highest BCUT2D eigenvalue weighted by molar-refractivity contribution is 6.14. The van der Waals surface area contributed by atoms with Crippen LogP contribution in [0.15, 0.2) is 27.6 Å². The van der Waals surface area contributed by atoms with E-state index in [0.29, 0.717) is 28.4 Å². The Labute approximate surface area is 163 Å². The number of hydrogen-bond donors (Lipinski definition) is 3. The average molecular weight is 387 g/mol. The molecule has 1 heterocycles. The molecule has 2 aromatic rings. The number of ketones is 1. The Hall–Kier alpha value is -2.48. The van der Waals surface area contributed by atoms with Gasteiger partial charge in [-0.2, -0.15) is 0 Å². The van der Waals surface area contributed by atoms with E-state index in [1.165, 1.54) is 0 Å². The Morgan fingerprint density at radius 3 is 2.64 bits per heavy atom. The number of carbonyl (C=O) groups excluding carboxylic acids is 1. The van der Waals surface area contributed by atoms with Crippen LogP contribution in [0.3, 0.4) is 0 Å². The molecule has 2 atom stereocenters. The standard InChI is InChI=1S/C21H25NO6/c1-11-17(8-22-4)28-20-18(11)19(26)13-6-5-12(7-14(13)21(20,2)3)27-10-16(25)15(24)9-23/h5-8,15-16,23-25H,9-10H2,1-4H3/t15-,16-/m1/s1. The van der Waals surface area contributed by atoms with E-state index in [2.05, 4.69) is 4.99 Å². The Kier molecular flexibility index (Phi) is 5.43. The molecule has 7 heteroatoms. The normalized spacial score (nSPS) is 17.3. The largest absolute Gasteiger partial charge is 0.491 e. The van der Waals surface area contributed by atoms with E-state index in [4.69, 9.17) is 14.3 Å². The van der Waals surface area contributed by atoms with Crippen LogP contribution in [-0.2, 0) is 5.41 Å². The predicted molar refractivity (Wildman–Crippen MR) is 104 cm³/mol. The quantitative estimate of drug-likeness (QED) is 0.649. The summed E-state index contributed by atoms with van der Waals surface area (Å²) >= 11 is 0. The number of nitrogens with zero attached hydrogens (tertiary/aromatic N) is 1. The summed E-state index contributed by atoms with van der Waals surface area (Å²) in [6.45, 7) is 5.06. The highest BCUT2D eigenvalue weighted by Gasteiger charge is 2.42. The summed E-state index contributed by atoms with van der Waals surface area (Å²) in [5.74, 6) is 1.50. The maximum absolute atomic E-state index is 13.1. The lowest BCUT2D eigenvalue weighted by molar-refractivity contribution is -0.0339. The topological polar surface area (TPSA) is 112 Å². The molecule has 0 bridgehead atoms. The molecule has 0 aliphatic heterocycles. The second kappa shape index (κ2) is 7.50. The summed E-state index contributed by atoms with van der Waals surface area (Å²) in [7, 11) is 1.65. The molecular weight excluding hydrogens is 362 g/mol. The molecule has 0 radical (unpaired) electrons. The maximum Gasteiger partial charge on any atom is 0.197 e. The van der Waals surface area contributed by atoms with Crippen molar-refractivity contribution in [2.45, 2.75) is 38.4 Å². The number of rotatable bonds is 6. The lowest BCUT2D eigenvalue weighted by atomic mass is 9.71. The van der Waals surface area contributed by atoms with E-state index in [1.54, 1.807) is 31.5 Å². The summed E-state index contributed by atoms with van der Waals surface area (Å²) in [6, 6.07) is 5.10. The predicted octanol–water partition coefficient (Wildman–Crippen LogP) is 1.60. The average Bonchev–Trinajstić information content (AvgIpc) is 3.01. The maximum atomic E-state index is 13.1. The minimum Gasteiger partial charge on any atom is -0.491 e. The number of furan rings is 1. The summed E-state index contributed by atoms with van der Waals surface area (Å²) < 4.78 is 11.5. The molecule has 7 nitrogen and oxygen atoms in total. The van der Waals surface area contributed by atoms with E-state index >= 15 is 0 Å². The van der Waals surface area contributed by atoms with Crippen LogP contribution in [0.2, 0.25) is 0 Å². The number of aliphatic imine (C=N–C) groups is 1. The number of hydrogen-bond acceptors (Lipinski definition) is 7. The number of ether oxygens (including phenoxy) is 1. The van der Waals surface area contributed by atoms with Crippen molar-refractivity contribution in [2.75, 3.05) is 20.3 Å². The van der Waals surface area contributed by atoms with E-state index in [9.17, 15) is 15.0 Å². The zero-order valence-electron chi connectivity index (χ0n) is 16.4. The van der Waals surface area contributed by atoms with Gasteiger partial charge in [0.25, 0.3) is 0 Å². The van der Waals surface area contributed by atoms with Crippen molar-refractivity contribution < 1.29 is 29.3 Å². The molecule has 0 spiro atoms. The van der Waals surface area contributed by atoms with E-state index < -0.39 is 24.2 Å². The second-order valence-corrected chi connectivity index (χ2v) is 7.47. The van der Waals surface area contributed by atoms with Crippen molar-refractivity contribution >= 4 is 12.0 Å². The number of aliphatic hydroxyl groups excluding tert-OH is 3. The molecule has 1 aliphatic carbocycles. The highest BCUT2D eigenvalue weighted by atomic mass is 16.5. The first-order valence-electron chi connectivity index (χ1n) is 9.07. The lowest BCUT2D eigenvalue weighted by Gasteiger charge is -2.31. The fourth-order valence-electron chi connectivity index (χ4n) is 3.48. The molecule has 0 saturated heterocycles. The molecule has 0 fully saturated rings. The Morgan fingerprint density at radius 2 is 2.00 bits per heavy atom. The van der Waals surface area contributed by atoms with Gasteiger partial charge >= 0.3 is 0 Å². The Morgan fingerprint density at radius 1 is 1.29 bits per heavy atom. The van der Waals surface area contributed by atoms with Gasteiger partial charge < -0.3 is 24.5 Å². The first-order chi connectivity index (χ1) is 13.2. The van der Waals surface area contributed by atoms with Crippen LogP contribution in [0.1, 0.15) is 52.4 Å². The van der Waals surface area contributed by atoms with Crippen molar-refractivity contribution in [2.24, 2.45) is 4.99 Å². The van der Waals surface area contributed by atoms with Crippen LogP contribution in [0.4, 0.5) is 0 Å². The van der Waals surface area contributed by atoms with Gasteiger partial charge in [0.05, 0.1) is 18.4 Å². The fourth-order valence-corrected chi connectivity index (χ4v) is 3.48. The second-order valence-electron chi connectivity index (χ2n) is 7.47. The van der Waals surface area contributed by atoms with Crippen molar-refractivity contribution in [3.8, 4) is 5.75 Å². The van der Waals surface area contributed by atoms with Crippen molar-refractivity contribution in [3.05, 3.63) is 52.0 Å². The molecular formula is C21H25NO6. The summed E-state index contributed by atoms with van der Waals surface area (Å²) in [5.41, 5.74) is 2.10. The third kappa shape index (κ3) is 3.26. The van der Waals surface area contributed by atoms with Crippen LogP contribution in [0, 0.1) is 6.92 Å². The molecule has 3 rings (SSSR count). The molecule has 150 valence electrons. The molecule has 1 aromatic carbocycles. The monoisotopic (exact) mass is 387 g/mol. The summed E-state index contributed by atoms with van der Waals surface area (Å²) in [5, 5.41) is 28.1. The molecule has 1 aromatic heterocycles. The smallest absolute Gasteiger partial charge is 0.197 e. The van der Waals surface area contributed by atoms with Gasteiger partial charge in [0.1, 0.15) is 36.1 Å². The lowest BCUT2D eigenvalue weighted by Crippen LogP contribution is -2.34. The Balaban J connectivity index is 1.98. The van der Waals surface area contributed by atoms with E-state index in [0.717, 1.165) is 11.1 Å². The molecule has 0 saturated carbocycles. The van der Waals surface area contributed by atoms with Gasteiger partial charge in [-0.1, -0.05) is 0 Å². The molecule has 0 unspecified atom stereocenters. The van der Waals surface area contributed by atoms with Crippen LogP contribution >= 0.6 is 0 Å². The Bertz CT molecular complexity index is 927. The number of benzene rings is 1. The van der Waals surface area contributed by atoms with Crippen LogP contribution in [0.25, 0.3) is 0 Å². The molecule has 1 aliphatic rings. The molecule has 0 amide bonds. The van der Waals surface area contributed by atoms with Crippen molar-refractivity contribution in [3.63, 3.8) is 0 Å². The van der Waals surface area contributed by atoms with Gasteiger partial charge in [0.15, 0.2) is 5.78 Å². The van der Waals surface area contributed by atoms with E-state index in [1.807, 2.05) is 20.8 Å².